The summed E-state index contributed by atoms with van der Waals surface area (Å²) in [5.74, 6) is 0. The minimum atomic E-state index is 0.858. The summed E-state index contributed by atoms with van der Waals surface area (Å²) >= 11 is 0. The van der Waals surface area contributed by atoms with Crippen LogP contribution in [-0.2, 0) is 19.4 Å². The third kappa shape index (κ3) is 2.82. The molecule has 0 spiro atoms. The Morgan fingerprint density at radius 2 is 1.17 bits per heavy atom. The number of aromatic nitrogens is 2. The summed E-state index contributed by atoms with van der Waals surface area (Å²) in [6, 6.07) is 37.2. The van der Waals surface area contributed by atoms with Gasteiger partial charge in [-0.1, -0.05) is 97.1 Å². The van der Waals surface area contributed by atoms with Crippen molar-refractivity contribution in [2.75, 3.05) is 0 Å². The summed E-state index contributed by atoms with van der Waals surface area (Å²) < 4.78 is 2.42. The van der Waals surface area contributed by atoms with Gasteiger partial charge in [-0.2, -0.15) is 0 Å². The van der Waals surface area contributed by atoms with E-state index in [4.69, 9.17) is 4.98 Å². The van der Waals surface area contributed by atoms with Crippen LogP contribution < -0.4 is 0 Å². The minimum absolute atomic E-state index is 0.858. The van der Waals surface area contributed by atoms with Crippen LogP contribution in [0, 0.1) is 0 Å². The summed E-state index contributed by atoms with van der Waals surface area (Å²) in [6.45, 7) is 0.858. The van der Waals surface area contributed by atoms with Crippen molar-refractivity contribution < 1.29 is 0 Å². The Hall–Kier alpha value is -4.43. The predicted molar refractivity (Wildman–Crippen MR) is 147 cm³/mol. The lowest BCUT2D eigenvalue weighted by molar-refractivity contribution is 0.837. The molecule has 2 heterocycles. The Morgan fingerprint density at radius 1 is 0.583 bits per heavy atom. The summed E-state index contributed by atoms with van der Waals surface area (Å²) in [5, 5.41) is 1.32. The van der Waals surface area contributed by atoms with Gasteiger partial charge in [0.2, 0.25) is 0 Å². The van der Waals surface area contributed by atoms with Crippen molar-refractivity contribution in [1.29, 1.82) is 0 Å². The van der Waals surface area contributed by atoms with Crippen molar-refractivity contribution in [3.05, 3.63) is 137 Å². The van der Waals surface area contributed by atoms with E-state index < -0.39 is 0 Å². The Labute approximate surface area is 210 Å². The van der Waals surface area contributed by atoms with E-state index >= 15 is 0 Å². The smallest absolute Gasteiger partial charge is 0.0754 e. The van der Waals surface area contributed by atoms with Crippen LogP contribution in [0.2, 0.25) is 0 Å². The zero-order valence-electron chi connectivity index (χ0n) is 19.9. The fraction of sp³-hybridized carbons (Fsp3) is 0.0882. The average Bonchev–Trinajstić information content (AvgIpc) is 3.60. The predicted octanol–water partition coefficient (Wildman–Crippen LogP) is 7.89. The standard InChI is InChI=1S/C34H24N2/c1-2-10-22(11-3-1)20-36-21-30(27-16-8-9-17-31(27)36)32-28-18-23-12-4-6-14-25(23)33(28)35-34-26-15-7-5-13-24(26)19-29(32)34/h1-17,21H,18-20H2. The number of hydrogen-bond acceptors (Lipinski definition) is 1. The monoisotopic (exact) mass is 460 g/mol. The Bertz CT molecular complexity index is 1740. The molecule has 4 aromatic carbocycles. The van der Waals surface area contributed by atoms with Gasteiger partial charge in [-0.15, -0.1) is 0 Å². The second-order valence-corrected chi connectivity index (χ2v) is 9.98. The van der Waals surface area contributed by atoms with E-state index in [1.807, 2.05) is 0 Å². The second-order valence-electron chi connectivity index (χ2n) is 9.98. The molecule has 0 aliphatic heterocycles. The fourth-order valence-corrected chi connectivity index (χ4v) is 6.33. The van der Waals surface area contributed by atoms with E-state index in [0.29, 0.717) is 0 Å². The molecular weight excluding hydrogens is 436 g/mol. The van der Waals surface area contributed by atoms with Crippen LogP contribution in [0.4, 0.5) is 0 Å². The molecule has 6 aromatic rings. The second kappa shape index (κ2) is 7.53. The third-order valence-corrected chi connectivity index (χ3v) is 7.93. The number of nitrogens with zero attached hydrogens (tertiary/aromatic N) is 2. The van der Waals surface area contributed by atoms with Gasteiger partial charge in [0.15, 0.2) is 0 Å². The van der Waals surface area contributed by atoms with Crippen molar-refractivity contribution in [3.63, 3.8) is 0 Å². The van der Waals surface area contributed by atoms with E-state index in [-0.39, 0.29) is 0 Å². The van der Waals surface area contributed by atoms with Gasteiger partial charge in [0.1, 0.15) is 0 Å². The van der Waals surface area contributed by atoms with Crippen molar-refractivity contribution in [2.24, 2.45) is 0 Å². The van der Waals surface area contributed by atoms with E-state index in [1.54, 1.807) is 0 Å². The molecule has 2 nitrogen and oxygen atoms in total. The quantitative estimate of drug-likeness (QED) is 0.262. The largest absolute Gasteiger partial charge is 0.342 e. The van der Waals surface area contributed by atoms with Gasteiger partial charge < -0.3 is 4.57 Å². The van der Waals surface area contributed by atoms with Crippen LogP contribution >= 0.6 is 0 Å². The molecule has 170 valence electrons. The molecule has 0 unspecified atom stereocenters. The fourth-order valence-electron chi connectivity index (χ4n) is 6.33. The molecule has 36 heavy (non-hydrogen) atoms. The minimum Gasteiger partial charge on any atom is -0.342 e. The first-order valence-electron chi connectivity index (χ1n) is 12.7. The van der Waals surface area contributed by atoms with Crippen molar-refractivity contribution >= 4 is 10.9 Å². The lowest BCUT2D eigenvalue weighted by atomic mass is 9.92. The van der Waals surface area contributed by atoms with Crippen LogP contribution in [0.3, 0.4) is 0 Å². The van der Waals surface area contributed by atoms with Crippen molar-refractivity contribution in [1.82, 2.24) is 9.55 Å². The summed E-state index contributed by atoms with van der Waals surface area (Å²) in [5.41, 5.74) is 15.7. The first kappa shape index (κ1) is 19.8. The molecule has 2 heteroatoms. The first-order valence-corrected chi connectivity index (χ1v) is 12.7. The van der Waals surface area contributed by atoms with Gasteiger partial charge in [-0.25, -0.2) is 4.98 Å². The Kier molecular flexibility index (Phi) is 4.15. The highest BCUT2D eigenvalue weighted by molar-refractivity contribution is 6.02. The van der Waals surface area contributed by atoms with Gasteiger partial charge in [0, 0.05) is 53.2 Å². The van der Waals surface area contributed by atoms with Crippen LogP contribution in [0.1, 0.15) is 27.8 Å². The summed E-state index contributed by atoms with van der Waals surface area (Å²) in [7, 11) is 0. The molecule has 0 atom stereocenters. The van der Waals surface area contributed by atoms with Gasteiger partial charge in [0.25, 0.3) is 0 Å². The molecular formula is C34H24N2. The molecule has 0 N–H and O–H groups in total. The van der Waals surface area contributed by atoms with Gasteiger partial charge in [-0.05, 0) is 39.4 Å². The molecule has 2 aliphatic carbocycles. The molecule has 2 aromatic heterocycles. The van der Waals surface area contributed by atoms with Crippen molar-refractivity contribution in [2.45, 2.75) is 19.4 Å². The van der Waals surface area contributed by atoms with Crippen molar-refractivity contribution in [3.8, 4) is 33.6 Å². The molecule has 0 radical (unpaired) electrons. The zero-order chi connectivity index (χ0) is 23.6. The van der Waals surface area contributed by atoms with Gasteiger partial charge in [0.05, 0.1) is 11.4 Å². The summed E-state index contributed by atoms with van der Waals surface area (Å²) in [6.07, 6.45) is 4.27. The highest BCUT2D eigenvalue weighted by atomic mass is 15.0. The molecule has 0 amide bonds. The van der Waals surface area contributed by atoms with Crippen LogP contribution in [0.25, 0.3) is 44.5 Å². The van der Waals surface area contributed by atoms with E-state index in [0.717, 1.165) is 30.8 Å². The Balaban J connectivity index is 1.42. The van der Waals surface area contributed by atoms with E-state index in [9.17, 15) is 0 Å². The highest BCUT2D eigenvalue weighted by Crippen LogP contribution is 2.50. The summed E-state index contributed by atoms with van der Waals surface area (Å²) in [4.78, 5) is 5.35. The van der Waals surface area contributed by atoms with Gasteiger partial charge in [-0.3, -0.25) is 0 Å². The molecule has 0 saturated heterocycles. The number of pyridine rings is 1. The normalized spacial score (nSPS) is 12.9. The molecule has 0 bridgehead atoms. The lowest BCUT2D eigenvalue weighted by Crippen LogP contribution is -1.99. The van der Waals surface area contributed by atoms with Crippen LogP contribution in [-0.4, -0.2) is 9.55 Å². The van der Waals surface area contributed by atoms with E-state index in [2.05, 4.69) is 114 Å². The number of benzene rings is 4. The maximum absolute atomic E-state index is 5.35. The first-order chi connectivity index (χ1) is 17.8. The van der Waals surface area contributed by atoms with E-state index in [1.165, 1.54) is 61.0 Å². The SMILES string of the molecule is c1ccc(Cn2cc(-c3c4c(nc5c3Cc3ccccc3-5)-c3ccccc3C4)c3ccccc32)cc1. The lowest BCUT2D eigenvalue weighted by Gasteiger charge is -2.14. The number of fused-ring (bicyclic) bond motifs is 7. The molecule has 0 fully saturated rings. The number of rotatable bonds is 3. The molecule has 2 aliphatic rings. The van der Waals surface area contributed by atoms with Crippen LogP contribution in [0.5, 0.6) is 0 Å². The maximum Gasteiger partial charge on any atom is 0.0754 e. The van der Waals surface area contributed by atoms with Crippen LogP contribution in [0.15, 0.2) is 109 Å². The maximum atomic E-state index is 5.35. The molecule has 0 saturated carbocycles. The highest BCUT2D eigenvalue weighted by Gasteiger charge is 2.32. The zero-order valence-corrected chi connectivity index (χ0v) is 19.9. The number of para-hydroxylation sites is 1. The topological polar surface area (TPSA) is 17.8 Å². The van der Waals surface area contributed by atoms with Gasteiger partial charge >= 0.3 is 0 Å². The third-order valence-electron chi connectivity index (χ3n) is 7.93. The Morgan fingerprint density at radius 3 is 1.86 bits per heavy atom. The average molecular weight is 461 g/mol. The molecule has 8 rings (SSSR count). The number of hydrogen-bond donors (Lipinski definition) is 0.